The summed E-state index contributed by atoms with van der Waals surface area (Å²) in [5.41, 5.74) is 16.1. The van der Waals surface area contributed by atoms with Crippen molar-refractivity contribution in [3.63, 3.8) is 0 Å². The topological polar surface area (TPSA) is 215 Å². The summed E-state index contributed by atoms with van der Waals surface area (Å²) in [6.45, 7) is 0.215. The number of rotatable bonds is 16. The Morgan fingerprint density at radius 3 is 2.00 bits per heavy atom. The van der Waals surface area contributed by atoms with E-state index < -0.39 is 47.9 Å². The van der Waals surface area contributed by atoms with Crippen molar-refractivity contribution in [1.82, 2.24) is 16.0 Å². The second kappa shape index (κ2) is 16.7. The van der Waals surface area contributed by atoms with Crippen LogP contribution in [0.2, 0.25) is 0 Å². The van der Waals surface area contributed by atoms with Crippen molar-refractivity contribution in [3.05, 3.63) is 0 Å². The lowest BCUT2D eigenvalue weighted by Gasteiger charge is -2.24. The SMILES string of the molecule is CSCCC(NC(=O)C(CS)NC(=O)C(N)CS)C(=O)NC(CCCN=C(N)N)C(=O)O. The van der Waals surface area contributed by atoms with Crippen molar-refractivity contribution >= 4 is 66.7 Å². The van der Waals surface area contributed by atoms with Crippen molar-refractivity contribution in [2.24, 2.45) is 22.2 Å². The number of nitrogens with one attached hydrogen (secondary N) is 3. The standard InChI is InChI=1S/C17H33N7O5S3/c1-32-6-4-10(22-15(27)12(8-31)24-13(25)9(18)7-30)14(26)23-11(16(28)29)3-2-5-21-17(19)20/h9-12,30-31H,2-8,18H2,1H3,(H,22,27)(H,23,26)(H,24,25)(H,28,29)(H4,19,20,21). The molecule has 184 valence electrons. The van der Waals surface area contributed by atoms with Crippen LogP contribution in [0, 0.1) is 0 Å². The van der Waals surface area contributed by atoms with Gasteiger partial charge in [0.25, 0.3) is 0 Å². The van der Waals surface area contributed by atoms with Gasteiger partial charge < -0.3 is 38.3 Å². The molecule has 0 aliphatic carbocycles. The molecule has 0 rings (SSSR count). The third-order valence-corrected chi connectivity index (χ3v) is 5.56. The molecular weight excluding hydrogens is 478 g/mol. The number of hydrogen-bond acceptors (Lipinski definition) is 9. The molecular formula is C17H33N7O5S3. The van der Waals surface area contributed by atoms with Gasteiger partial charge in [0.2, 0.25) is 17.7 Å². The Balaban J connectivity index is 5.16. The van der Waals surface area contributed by atoms with Gasteiger partial charge in [0.05, 0.1) is 6.04 Å². The minimum atomic E-state index is -1.22. The molecule has 0 aliphatic rings. The van der Waals surface area contributed by atoms with Crippen LogP contribution in [0.15, 0.2) is 4.99 Å². The van der Waals surface area contributed by atoms with Gasteiger partial charge in [0.1, 0.15) is 18.1 Å². The minimum Gasteiger partial charge on any atom is -0.480 e. The van der Waals surface area contributed by atoms with Crippen molar-refractivity contribution in [3.8, 4) is 0 Å². The number of aliphatic imine (C=N–C) groups is 1. The van der Waals surface area contributed by atoms with E-state index in [9.17, 15) is 24.3 Å². The number of thioether (sulfide) groups is 1. The molecule has 4 unspecified atom stereocenters. The fourth-order valence-corrected chi connectivity index (χ4v) is 3.26. The maximum Gasteiger partial charge on any atom is 0.326 e. The molecule has 0 aliphatic heterocycles. The first kappa shape index (κ1) is 30.2. The third-order valence-electron chi connectivity index (χ3n) is 4.15. The lowest BCUT2D eigenvalue weighted by molar-refractivity contribution is -0.142. The van der Waals surface area contributed by atoms with Crippen LogP contribution >= 0.6 is 37.0 Å². The average molecular weight is 512 g/mol. The second-order valence-corrected chi connectivity index (χ2v) is 8.44. The van der Waals surface area contributed by atoms with Crippen LogP contribution < -0.4 is 33.2 Å². The van der Waals surface area contributed by atoms with E-state index in [2.05, 4.69) is 46.2 Å². The second-order valence-electron chi connectivity index (χ2n) is 6.72. The summed E-state index contributed by atoms with van der Waals surface area (Å²) >= 11 is 9.46. The van der Waals surface area contributed by atoms with Gasteiger partial charge in [-0.1, -0.05) is 0 Å². The molecule has 3 amide bonds. The van der Waals surface area contributed by atoms with E-state index in [1.165, 1.54) is 11.8 Å². The van der Waals surface area contributed by atoms with Crippen LogP contribution in [0.3, 0.4) is 0 Å². The van der Waals surface area contributed by atoms with Gasteiger partial charge in [-0.15, -0.1) is 0 Å². The largest absolute Gasteiger partial charge is 0.480 e. The predicted molar refractivity (Wildman–Crippen MR) is 132 cm³/mol. The average Bonchev–Trinajstić information content (AvgIpc) is 2.75. The Bertz CT molecular complexity index is 664. The molecule has 0 saturated heterocycles. The van der Waals surface area contributed by atoms with E-state index in [-0.39, 0.29) is 36.9 Å². The highest BCUT2D eigenvalue weighted by molar-refractivity contribution is 7.98. The van der Waals surface area contributed by atoms with Gasteiger partial charge in [-0.05, 0) is 31.3 Å². The van der Waals surface area contributed by atoms with E-state index in [1.807, 2.05) is 6.26 Å². The third kappa shape index (κ3) is 12.3. The minimum absolute atomic E-state index is 0.0315. The van der Waals surface area contributed by atoms with E-state index in [0.29, 0.717) is 12.2 Å². The lowest BCUT2D eigenvalue weighted by Crippen LogP contribution is -2.58. The monoisotopic (exact) mass is 511 g/mol. The van der Waals surface area contributed by atoms with Gasteiger partial charge in [-0.25, -0.2) is 4.79 Å². The maximum absolute atomic E-state index is 12.7. The molecule has 10 N–H and O–H groups in total. The Kier molecular flexibility index (Phi) is 15.8. The van der Waals surface area contributed by atoms with Crippen LogP contribution in [0.1, 0.15) is 19.3 Å². The molecule has 0 aromatic rings. The number of nitrogens with zero attached hydrogens (tertiary/aromatic N) is 1. The zero-order chi connectivity index (χ0) is 24.7. The molecule has 0 fully saturated rings. The molecule has 0 heterocycles. The molecule has 0 aromatic carbocycles. The summed E-state index contributed by atoms with van der Waals surface area (Å²) in [4.78, 5) is 52.6. The number of hydrogen-bond donors (Lipinski definition) is 9. The molecule has 32 heavy (non-hydrogen) atoms. The van der Waals surface area contributed by atoms with Crippen molar-refractivity contribution < 1.29 is 24.3 Å². The molecule has 12 nitrogen and oxygen atoms in total. The fraction of sp³-hybridized carbons (Fsp3) is 0.706. The zero-order valence-electron chi connectivity index (χ0n) is 17.8. The quantitative estimate of drug-likeness (QED) is 0.0463. The molecule has 4 atom stereocenters. The van der Waals surface area contributed by atoms with Gasteiger partial charge in [-0.3, -0.25) is 19.4 Å². The predicted octanol–water partition coefficient (Wildman–Crippen LogP) is -2.48. The maximum atomic E-state index is 12.7. The normalized spacial score (nSPS) is 14.4. The Labute approximate surface area is 202 Å². The number of amides is 3. The van der Waals surface area contributed by atoms with Gasteiger partial charge in [0, 0.05) is 18.1 Å². The van der Waals surface area contributed by atoms with E-state index >= 15 is 0 Å². The van der Waals surface area contributed by atoms with E-state index in [1.54, 1.807) is 0 Å². The van der Waals surface area contributed by atoms with Crippen LogP contribution in [-0.2, 0) is 19.2 Å². The van der Waals surface area contributed by atoms with Crippen molar-refractivity contribution in [1.29, 1.82) is 0 Å². The van der Waals surface area contributed by atoms with Gasteiger partial charge >= 0.3 is 5.97 Å². The number of aliphatic carboxylic acids is 1. The summed E-state index contributed by atoms with van der Waals surface area (Å²) < 4.78 is 0. The summed E-state index contributed by atoms with van der Waals surface area (Å²) in [7, 11) is 0. The molecule has 0 radical (unpaired) electrons. The van der Waals surface area contributed by atoms with Gasteiger partial charge in [-0.2, -0.15) is 37.0 Å². The number of thiol groups is 2. The number of guanidine groups is 1. The molecule has 0 bridgehead atoms. The summed E-state index contributed by atoms with van der Waals surface area (Å²) in [6.07, 6.45) is 2.51. The first-order valence-corrected chi connectivity index (χ1v) is 12.4. The highest BCUT2D eigenvalue weighted by Gasteiger charge is 2.29. The van der Waals surface area contributed by atoms with Gasteiger partial charge in [0.15, 0.2) is 5.96 Å². The summed E-state index contributed by atoms with van der Waals surface area (Å²) in [6, 6.07) is -4.12. The zero-order valence-corrected chi connectivity index (χ0v) is 20.4. The number of carboxylic acids is 1. The van der Waals surface area contributed by atoms with Crippen LogP contribution in [0.4, 0.5) is 0 Å². The van der Waals surface area contributed by atoms with Crippen molar-refractivity contribution in [2.75, 3.05) is 30.1 Å². The number of carbonyl (C=O) groups is 4. The van der Waals surface area contributed by atoms with E-state index in [4.69, 9.17) is 17.2 Å². The Morgan fingerprint density at radius 2 is 1.50 bits per heavy atom. The Hall–Kier alpha value is -1.84. The number of carboxylic acid groups (broad SMARTS) is 1. The first-order valence-electron chi connectivity index (χ1n) is 9.72. The summed E-state index contributed by atoms with van der Waals surface area (Å²) in [5.74, 6) is -2.62. The highest BCUT2D eigenvalue weighted by atomic mass is 32.2. The van der Waals surface area contributed by atoms with Crippen LogP contribution in [0.25, 0.3) is 0 Å². The summed E-state index contributed by atoms with van der Waals surface area (Å²) in [5, 5.41) is 16.8. The Morgan fingerprint density at radius 1 is 0.938 bits per heavy atom. The molecule has 0 aromatic heterocycles. The number of carbonyl (C=O) groups excluding carboxylic acids is 3. The number of nitrogens with two attached hydrogens (primary N) is 3. The van der Waals surface area contributed by atoms with Crippen molar-refractivity contribution in [2.45, 2.75) is 43.4 Å². The highest BCUT2D eigenvalue weighted by Crippen LogP contribution is 2.05. The van der Waals surface area contributed by atoms with Crippen LogP contribution in [0.5, 0.6) is 0 Å². The first-order chi connectivity index (χ1) is 15.1. The lowest BCUT2D eigenvalue weighted by atomic mass is 10.1. The molecule has 0 saturated carbocycles. The van der Waals surface area contributed by atoms with E-state index in [0.717, 1.165) is 0 Å². The smallest absolute Gasteiger partial charge is 0.326 e. The van der Waals surface area contributed by atoms with Crippen LogP contribution in [-0.4, -0.2) is 89.0 Å². The fourth-order valence-electron chi connectivity index (χ4n) is 2.37. The molecule has 15 heteroatoms. The molecule has 0 spiro atoms.